The number of amides is 1. The molecule has 34 heavy (non-hydrogen) atoms. The summed E-state index contributed by atoms with van der Waals surface area (Å²) in [5.74, 6) is -1.05. The molecule has 0 aliphatic rings. The van der Waals surface area contributed by atoms with Gasteiger partial charge in [0.25, 0.3) is 10.1 Å². The van der Waals surface area contributed by atoms with Crippen molar-refractivity contribution < 1.29 is 31.3 Å². The molecule has 0 fully saturated rings. The minimum absolute atomic E-state index is 0.0322. The number of benzene rings is 1. The van der Waals surface area contributed by atoms with Gasteiger partial charge in [-0.1, -0.05) is 13.8 Å². The molecule has 0 aliphatic carbocycles. The van der Waals surface area contributed by atoms with E-state index in [2.05, 4.69) is 5.32 Å². The third-order valence-electron chi connectivity index (χ3n) is 5.65. The van der Waals surface area contributed by atoms with Crippen molar-refractivity contribution in [1.82, 2.24) is 5.32 Å². The molecular formula is C23H37FN2O6SSi. The van der Waals surface area contributed by atoms with E-state index in [0.29, 0.717) is 6.42 Å². The summed E-state index contributed by atoms with van der Waals surface area (Å²) in [6.45, 7) is 12.8. The van der Waals surface area contributed by atoms with E-state index in [0.717, 1.165) is 18.4 Å². The van der Waals surface area contributed by atoms with Crippen LogP contribution in [0, 0.1) is 23.1 Å². The van der Waals surface area contributed by atoms with Crippen LogP contribution in [0.5, 0.6) is 0 Å². The van der Waals surface area contributed by atoms with E-state index in [9.17, 15) is 27.7 Å². The van der Waals surface area contributed by atoms with Crippen LogP contribution in [0.25, 0.3) is 0 Å². The molecule has 0 radical (unpaired) electrons. The fourth-order valence-corrected chi connectivity index (χ4v) is 4.76. The van der Waals surface area contributed by atoms with E-state index in [4.69, 9.17) is 8.92 Å². The molecule has 2 atom stereocenters. The summed E-state index contributed by atoms with van der Waals surface area (Å²) in [6.07, 6.45) is -0.309. The van der Waals surface area contributed by atoms with Gasteiger partial charge in [-0.2, -0.15) is 13.7 Å². The summed E-state index contributed by atoms with van der Waals surface area (Å²) in [5.41, 5.74) is -0.469. The van der Waals surface area contributed by atoms with E-state index < -0.39 is 47.1 Å². The van der Waals surface area contributed by atoms with Crippen LogP contribution in [-0.4, -0.2) is 46.0 Å². The molecule has 0 aliphatic heterocycles. The molecule has 1 aromatic rings. The van der Waals surface area contributed by atoms with Gasteiger partial charge in [-0.25, -0.2) is 9.18 Å². The zero-order valence-corrected chi connectivity index (χ0v) is 23.0. The number of hydrogen-bond acceptors (Lipinski definition) is 7. The molecule has 0 saturated carbocycles. The standard InChI is InChI=1S/C23H37FN2O6SSi/c1-22(2,3)31-21(27)26-15-17(13-23(4,5)34(7,8)30)11-20(32-33(6,28)29)18-9-16(14-25)10-19(24)12-18/h9-10,12,17,20,30H,11,13,15H2,1-8H3,(H,26,27)/t17-,20?/m0/s1. The molecule has 8 nitrogen and oxygen atoms in total. The first-order chi connectivity index (χ1) is 15.2. The average Bonchev–Trinajstić information content (AvgIpc) is 2.61. The van der Waals surface area contributed by atoms with Crippen molar-refractivity contribution in [1.29, 1.82) is 5.26 Å². The number of halogens is 1. The van der Waals surface area contributed by atoms with Gasteiger partial charge in [-0.05, 0) is 81.4 Å². The Balaban J connectivity index is 3.32. The second-order valence-corrected chi connectivity index (χ2v) is 16.9. The van der Waals surface area contributed by atoms with Crippen molar-refractivity contribution in [2.24, 2.45) is 5.92 Å². The van der Waals surface area contributed by atoms with E-state index in [1.807, 2.05) is 33.0 Å². The third kappa shape index (κ3) is 10.5. The van der Waals surface area contributed by atoms with Crippen LogP contribution in [0.15, 0.2) is 18.2 Å². The first-order valence-corrected chi connectivity index (χ1v) is 15.8. The lowest BCUT2D eigenvalue weighted by Gasteiger charge is -2.38. The molecule has 11 heteroatoms. The van der Waals surface area contributed by atoms with Crippen molar-refractivity contribution in [3.8, 4) is 6.07 Å². The maximum atomic E-state index is 14.1. The Morgan fingerprint density at radius 3 is 2.29 bits per heavy atom. The molecule has 2 N–H and O–H groups in total. The lowest BCUT2D eigenvalue weighted by Crippen LogP contribution is -2.42. The van der Waals surface area contributed by atoms with Gasteiger partial charge in [0.15, 0.2) is 8.32 Å². The van der Waals surface area contributed by atoms with E-state index in [1.54, 1.807) is 20.8 Å². The van der Waals surface area contributed by atoms with Crippen molar-refractivity contribution >= 4 is 24.5 Å². The number of alkyl carbamates (subject to hydrolysis) is 1. The van der Waals surface area contributed by atoms with Crippen molar-refractivity contribution in [2.75, 3.05) is 12.8 Å². The quantitative estimate of drug-likeness (QED) is 0.343. The highest BCUT2D eigenvalue weighted by molar-refractivity contribution is 7.86. The Kier molecular flexibility index (Phi) is 9.85. The maximum absolute atomic E-state index is 14.1. The summed E-state index contributed by atoms with van der Waals surface area (Å²) in [5, 5.41) is 11.4. The minimum Gasteiger partial charge on any atom is -0.444 e. The Bertz CT molecular complexity index is 1010. The fraction of sp³-hybridized carbons (Fsp3) is 0.652. The number of ether oxygens (including phenoxy) is 1. The Morgan fingerprint density at radius 2 is 1.82 bits per heavy atom. The van der Waals surface area contributed by atoms with Gasteiger partial charge in [-0.15, -0.1) is 0 Å². The molecule has 0 spiro atoms. The number of carbonyl (C=O) groups is 1. The number of nitriles is 1. The van der Waals surface area contributed by atoms with Crippen LogP contribution in [-0.2, 0) is 19.0 Å². The minimum atomic E-state index is -3.94. The van der Waals surface area contributed by atoms with Crippen LogP contribution in [0.4, 0.5) is 9.18 Å². The van der Waals surface area contributed by atoms with Gasteiger partial charge in [0.05, 0.1) is 17.9 Å². The predicted molar refractivity (Wildman–Crippen MR) is 130 cm³/mol. The number of nitrogens with zero attached hydrogens (tertiary/aromatic N) is 1. The Hall–Kier alpha value is -2.00. The van der Waals surface area contributed by atoms with Gasteiger partial charge in [0.1, 0.15) is 17.5 Å². The summed E-state index contributed by atoms with van der Waals surface area (Å²) in [7, 11) is -6.58. The second kappa shape index (κ2) is 11.2. The average molecular weight is 517 g/mol. The van der Waals surface area contributed by atoms with E-state index in [1.165, 1.54) is 6.07 Å². The fourth-order valence-electron chi connectivity index (χ4n) is 3.36. The lowest BCUT2D eigenvalue weighted by molar-refractivity contribution is 0.0509. The van der Waals surface area contributed by atoms with Crippen molar-refractivity contribution in [3.63, 3.8) is 0 Å². The third-order valence-corrected chi connectivity index (χ3v) is 9.75. The maximum Gasteiger partial charge on any atom is 0.407 e. The van der Waals surface area contributed by atoms with Crippen LogP contribution < -0.4 is 5.32 Å². The number of nitrogens with one attached hydrogen (secondary N) is 1. The monoisotopic (exact) mass is 516 g/mol. The topological polar surface area (TPSA) is 126 Å². The molecule has 1 unspecified atom stereocenters. The van der Waals surface area contributed by atoms with Crippen LogP contribution >= 0.6 is 0 Å². The highest BCUT2D eigenvalue weighted by atomic mass is 32.2. The Labute approximate surface area is 203 Å². The van der Waals surface area contributed by atoms with E-state index >= 15 is 0 Å². The molecule has 192 valence electrons. The summed E-state index contributed by atoms with van der Waals surface area (Å²) < 4.78 is 48.7. The molecule has 1 amide bonds. The van der Waals surface area contributed by atoms with Gasteiger partial charge >= 0.3 is 6.09 Å². The number of carbonyl (C=O) groups excluding carboxylic acids is 1. The molecule has 0 bridgehead atoms. The van der Waals surface area contributed by atoms with Crippen LogP contribution in [0.3, 0.4) is 0 Å². The zero-order chi connectivity index (χ0) is 26.5. The molecule has 0 saturated heterocycles. The molecule has 1 rings (SSSR count). The number of hydrogen-bond donors (Lipinski definition) is 2. The van der Waals surface area contributed by atoms with Gasteiger partial charge in [0, 0.05) is 6.54 Å². The first-order valence-electron chi connectivity index (χ1n) is 11.0. The normalized spacial score (nSPS) is 14.7. The smallest absolute Gasteiger partial charge is 0.407 e. The Morgan fingerprint density at radius 1 is 1.24 bits per heavy atom. The summed E-state index contributed by atoms with van der Waals surface area (Å²) >= 11 is 0. The van der Waals surface area contributed by atoms with Gasteiger partial charge < -0.3 is 14.8 Å². The van der Waals surface area contributed by atoms with Gasteiger partial charge in [0.2, 0.25) is 0 Å². The van der Waals surface area contributed by atoms with Crippen LogP contribution in [0.1, 0.15) is 64.7 Å². The highest BCUT2D eigenvalue weighted by Crippen LogP contribution is 2.43. The van der Waals surface area contributed by atoms with Crippen molar-refractivity contribution in [3.05, 3.63) is 35.1 Å². The second-order valence-electron chi connectivity index (χ2n) is 10.8. The molecule has 1 aromatic carbocycles. The molecule has 0 aromatic heterocycles. The predicted octanol–water partition coefficient (Wildman–Crippen LogP) is 4.61. The van der Waals surface area contributed by atoms with Crippen molar-refractivity contribution in [2.45, 2.75) is 77.3 Å². The number of rotatable bonds is 10. The largest absolute Gasteiger partial charge is 0.444 e. The molecule has 0 heterocycles. The van der Waals surface area contributed by atoms with Gasteiger partial charge in [-0.3, -0.25) is 4.18 Å². The zero-order valence-electron chi connectivity index (χ0n) is 21.2. The van der Waals surface area contributed by atoms with Crippen LogP contribution in [0.2, 0.25) is 18.1 Å². The first kappa shape index (κ1) is 30.0. The lowest BCUT2D eigenvalue weighted by atomic mass is 9.88. The molecular weight excluding hydrogens is 479 g/mol. The van der Waals surface area contributed by atoms with E-state index in [-0.39, 0.29) is 30.0 Å². The summed E-state index contributed by atoms with van der Waals surface area (Å²) in [6, 6.07) is 5.41. The SMILES string of the molecule is CC(C)(C)OC(=O)NC[C@@H](CC(OS(C)(=O)=O)c1cc(F)cc(C#N)c1)CC(C)(C)[Si](C)(C)O. The highest BCUT2D eigenvalue weighted by Gasteiger charge is 2.40. The summed E-state index contributed by atoms with van der Waals surface area (Å²) in [4.78, 5) is 23.0.